The van der Waals surface area contributed by atoms with E-state index in [1.165, 1.54) is 0 Å². The Labute approximate surface area is 144 Å². The molecule has 1 unspecified atom stereocenters. The second-order valence-corrected chi connectivity index (χ2v) is 6.14. The summed E-state index contributed by atoms with van der Waals surface area (Å²) in [5.41, 5.74) is 7.50. The smallest absolute Gasteiger partial charge is 0.224 e. The van der Waals surface area contributed by atoms with Crippen molar-refractivity contribution in [2.24, 2.45) is 5.73 Å². The molecule has 1 fully saturated rings. The third-order valence-corrected chi connectivity index (χ3v) is 3.81. The minimum Gasteiger partial charge on any atom is -0.336 e. The number of hydrogen-bond donors (Lipinski definition) is 2. The molecule has 0 saturated heterocycles. The normalized spacial score (nSPS) is 14.6. The van der Waals surface area contributed by atoms with Gasteiger partial charge in [0.15, 0.2) is 0 Å². The van der Waals surface area contributed by atoms with Crippen LogP contribution in [0.2, 0.25) is 0 Å². The van der Waals surface area contributed by atoms with Crippen LogP contribution in [0, 0.1) is 0 Å². The number of nitrogens with zero attached hydrogens (tertiary/aromatic N) is 1. The van der Waals surface area contributed by atoms with Crippen molar-refractivity contribution in [3.63, 3.8) is 0 Å². The van der Waals surface area contributed by atoms with Crippen molar-refractivity contribution in [2.45, 2.75) is 58.2 Å². The topological polar surface area (TPSA) is 75.4 Å². The third kappa shape index (κ3) is 6.59. The fraction of sp³-hybridized carbons (Fsp3) is 0.529. The maximum atomic E-state index is 11.7. The molecule has 1 atom stereocenters. The lowest BCUT2D eigenvalue weighted by atomic mass is 10.1. The molecule has 128 valence electrons. The van der Waals surface area contributed by atoms with Gasteiger partial charge in [-0.15, -0.1) is 12.4 Å². The van der Waals surface area contributed by atoms with E-state index in [1.807, 2.05) is 36.1 Å². The van der Waals surface area contributed by atoms with Crippen molar-refractivity contribution in [1.29, 1.82) is 0 Å². The number of halogens is 1. The molecule has 6 heteroatoms. The van der Waals surface area contributed by atoms with E-state index in [-0.39, 0.29) is 30.3 Å². The first-order chi connectivity index (χ1) is 10.5. The molecular formula is C17H26ClN3O2. The van der Waals surface area contributed by atoms with Gasteiger partial charge in [0.2, 0.25) is 11.8 Å². The van der Waals surface area contributed by atoms with Gasteiger partial charge in [-0.2, -0.15) is 0 Å². The van der Waals surface area contributed by atoms with Crippen molar-refractivity contribution in [2.75, 3.05) is 5.32 Å². The number of anilines is 1. The van der Waals surface area contributed by atoms with E-state index in [0.717, 1.165) is 24.1 Å². The molecule has 1 aromatic rings. The first-order valence-corrected chi connectivity index (χ1v) is 7.87. The zero-order valence-corrected chi connectivity index (χ0v) is 14.6. The minimum absolute atomic E-state index is 0. The Hall–Kier alpha value is -1.59. The fourth-order valence-corrected chi connectivity index (χ4v) is 2.36. The largest absolute Gasteiger partial charge is 0.336 e. The predicted octanol–water partition coefficient (Wildman–Crippen LogP) is 2.69. The summed E-state index contributed by atoms with van der Waals surface area (Å²) in [6.45, 7) is 4.15. The lowest BCUT2D eigenvalue weighted by Crippen LogP contribution is -2.30. The molecule has 1 aliphatic rings. The molecule has 0 aliphatic heterocycles. The summed E-state index contributed by atoms with van der Waals surface area (Å²) >= 11 is 0. The molecule has 0 heterocycles. The molecule has 0 radical (unpaired) electrons. The molecule has 1 saturated carbocycles. The molecule has 1 aliphatic carbocycles. The van der Waals surface area contributed by atoms with Gasteiger partial charge in [0, 0.05) is 37.7 Å². The van der Waals surface area contributed by atoms with E-state index in [4.69, 9.17) is 5.73 Å². The van der Waals surface area contributed by atoms with Gasteiger partial charge >= 0.3 is 0 Å². The number of carbonyl (C=O) groups is 2. The number of nitrogens with one attached hydrogen (secondary N) is 1. The summed E-state index contributed by atoms with van der Waals surface area (Å²) in [5, 5.41) is 2.86. The van der Waals surface area contributed by atoms with Crippen LogP contribution in [0.5, 0.6) is 0 Å². The lowest BCUT2D eigenvalue weighted by Gasteiger charge is -2.20. The van der Waals surface area contributed by atoms with Crippen LogP contribution in [0.1, 0.15) is 45.1 Å². The van der Waals surface area contributed by atoms with E-state index in [2.05, 4.69) is 5.32 Å². The minimum atomic E-state index is -0.0200. The van der Waals surface area contributed by atoms with Crippen LogP contribution in [0.4, 0.5) is 5.69 Å². The molecule has 23 heavy (non-hydrogen) atoms. The molecule has 0 bridgehead atoms. The quantitative estimate of drug-likeness (QED) is 0.802. The maximum Gasteiger partial charge on any atom is 0.224 e. The molecule has 3 N–H and O–H groups in total. The predicted molar refractivity (Wildman–Crippen MR) is 94.4 cm³/mol. The van der Waals surface area contributed by atoms with Crippen LogP contribution in [-0.2, 0) is 16.1 Å². The van der Waals surface area contributed by atoms with E-state index in [9.17, 15) is 9.59 Å². The van der Waals surface area contributed by atoms with Crippen LogP contribution in [0.3, 0.4) is 0 Å². The number of hydrogen-bond acceptors (Lipinski definition) is 3. The first kappa shape index (κ1) is 19.5. The van der Waals surface area contributed by atoms with E-state index < -0.39 is 0 Å². The average Bonchev–Trinajstić information content (AvgIpc) is 3.28. The highest BCUT2D eigenvalue weighted by molar-refractivity contribution is 5.90. The average molecular weight is 340 g/mol. The van der Waals surface area contributed by atoms with Crippen molar-refractivity contribution >= 4 is 29.9 Å². The van der Waals surface area contributed by atoms with Crippen molar-refractivity contribution in [1.82, 2.24) is 4.90 Å². The maximum absolute atomic E-state index is 11.7. The standard InChI is InChI=1S/C17H25N3O2.ClH/c1-12(18)3-10-17(22)19-15-6-4-14(5-7-15)11-20(13(2)21)16-8-9-16;/h4-7,12,16H,3,8-11,18H2,1-2H3,(H,19,22);1H. The SMILES string of the molecule is CC(=O)N(Cc1ccc(NC(=O)CCC(C)N)cc1)C1CC1.Cl. The van der Waals surface area contributed by atoms with Crippen LogP contribution in [-0.4, -0.2) is 28.8 Å². The fourth-order valence-electron chi connectivity index (χ4n) is 2.36. The highest BCUT2D eigenvalue weighted by Crippen LogP contribution is 2.28. The van der Waals surface area contributed by atoms with Gasteiger partial charge in [-0.25, -0.2) is 0 Å². The number of benzene rings is 1. The molecule has 0 aromatic heterocycles. The Bertz CT molecular complexity index is 527. The zero-order chi connectivity index (χ0) is 16.1. The van der Waals surface area contributed by atoms with Gasteiger partial charge in [0.05, 0.1) is 0 Å². The number of rotatable bonds is 7. The molecule has 5 nitrogen and oxygen atoms in total. The van der Waals surface area contributed by atoms with Crippen LogP contribution >= 0.6 is 12.4 Å². The highest BCUT2D eigenvalue weighted by atomic mass is 35.5. The van der Waals surface area contributed by atoms with Gasteiger partial charge in [0.25, 0.3) is 0 Å². The second-order valence-electron chi connectivity index (χ2n) is 6.14. The van der Waals surface area contributed by atoms with Crippen molar-refractivity contribution in [3.05, 3.63) is 29.8 Å². The van der Waals surface area contributed by atoms with Crippen molar-refractivity contribution in [3.8, 4) is 0 Å². The summed E-state index contributed by atoms with van der Waals surface area (Å²) in [6, 6.07) is 8.12. The van der Waals surface area contributed by atoms with E-state index >= 15 is 0 Å². The molecule has 1 aromatic carbocycles. The Kier molecular flexibility index (Phi) is 7.52. The van der Waals surface area contributed by atoms with Gasteiger partial charge in [-0.1, -0.05) is 12.1 Å². The lowest BCUT2D eigenvalue weighted by molar-refractivity contribution is -0.130. The van der Waals surface area contributed by atoms with Crippen LogP contribution in [0.25, 0.3) is 0 Å². The van der Waals surface area contributed by atoms with Gasteiger partial charge in [0.1, 0.15) is 0 Å². The Balaban J connectivity index is 0.00000264. The Morgan fingerprint density at radius 1 is 1.30 bits per heavy atom. The van der Waals surface area contributed by atoms with Gasteiger partial charge in [-0.05, 0) is 43.9 Å². The number of amides is 2. The van der Waals surface area contributed by atoms with E-state index in [0.29, 0.717) is 25.4 Å². The summed E-state index contributed by atoms with van der Waals surface area (Å²) in [7, 11) is 0. The van der Waals surface area contributed by atoms with Crippen LogP contribution < -0.4 is 11.1 Å². The van der Waals surface area contributed by atoms with Crippen molar-refractivity contribution < 1.29 is 9.59 Å². The molecular weight excluding hydrogens is 314 g/mol. The van der Waals surface area contributed by atoms with Crippen LogP contribution in [0.15, 0.2) is 24.3 Å². The highest BCUT2D eigenvalue weighted by Gasteiger charge is 2.30. The summed E-state index contributed by atoms with van der Waals surface area (Å²) in [5.74, 6) is 0.101. The molecule has 0 spiro atoms. The first-order valence-electron chi connectivity index (χ1n) is 7.87. The third-order valence-electron chi connectivity index (χ3n) is 3.81. The number of carbonyl (C=O) groups excluding carboxylic acids is 2. The van der Waals surface area contributed by atoms with E-state index in [1.54, 1.807) is 6.92 Å². The Morgan fingerprint density at radius 2 is 1.91 bits per heavy atom. The summed E-state index contributed by atoms with van der Waals surface area (Å²) in [6.07, 6.45) is 3.32. The monoisotopic (exact) mass is 339 g/mol. The zero-order valence-electron chi connectivity index (χ0n) is 13.7. The second kappa shape index (κ2) is 8.89. The summed E-state index contributed by atoms with van der Waals surface area (Å²) < 4.78 is 0. The Morgan fingerprint density at radius 3 is 2.39 bits per heavy atom. The van der Waals surface area contributed by atoms with Gasteiger partial charge in [-0.3, -0.25) is 9.59 Å². The molecule has 2 rings (SSSR count). The molecule has 2 amide bonds. The summed E-state index contributed by atoms with van der Waals surface area (Å²) in [4.78, 5) is 25.3. The van der Waals surface area contributed by atoms with Gasteiger partial charge < -0.3 is 16.0 Å². The number of nitrogens with two attached hydrogens (primary N) is 1.